The lowest BCUT2D eigenvalue weighted by Crippen LogP contribution is -2.31. The summed E-state index contributed by atoms with van der Waals surface area (Å²) >= 11 is 0. The summed E-state index contributed by atoms with van der Waals surface area (Å²) in [4.78, 5) is 23.7. The Morgan fingerprint density at radius 2 is 2.16 bits per heavy atom. The van der Waals surface area contributed by atoms with E-state index >= 15 is 0 Å². The van der Waals surface area contributed by atoms with Gasteiger partial charge in [-0.05, 0) is 18.1 Å². The Balaban J connectivity index is 3.04. The van der Waals surface area contributed by atoms with Gasteiger partial charge in [0.05, 0.1) is 4.92 Å². The van der Waals surface area contributed by atoms with Gasteiger partial charge in [-0.15, -0.1) is 0 Å². The van der Waals surface area contributed by atoms with Crippen molar-refractivity contribution in [2.45, 2.75) is 20.3 Å². The van der Waals surface area contributed by atoms with Crippen LogP contribution in [0.1, 0.15) is 30.6 Å². The molecule has 1 aromatic carbocycles. The quantitative estimate of drug-likeness (QED) is 0.609. The molecular weight excluding hydrogens is 251 g/mol. The fraction of sp³-hybridized carbons (Fsp3) is 0.462. The summed E-state index contributed by atoms with van der Waals surface area (Å²) in [6, 6.07) is 2.90. The van der Waals surface area contributed by atoms with Gasteiger partial charge in [-0.1, -0.05) is 20.3 Å². The summed E-state index contributed by atoms with van der Waals surface area (Å²) in [6.45, 7) is 4.44. The molecule has 0 aromatic heterocycles. The van der Waals surface area contributed by atoms with E-state index in [0.29, 0.717) is 6.54 Å². The number of benzene rings is 1. The zero-order chi connectivity index (χ0) is 14.6. The third kappa shape index (κ3) is 3.74. The Labute approximate surface area is 111 Å². The van der Waals surface area contributed by atoms with Gasteiger partial charge in [0.2, 0.25) is 0 Å². The maximum Gasteiger partial charge on any atom is 0.282 e. The second kappa shape index (κ2) is 6.26. The fourth-order valence-corrected chi connectivity index (χ4v) is 1.72. The van der Waals surface area contributed by atoms with Crippen LogP contribution in [0.3, 0.4) is 0 Å². The van der Waals surface area contributed by atoms with E-state index in [-0.39, 0.29) is 17.2 Å². The molecule has 0 radical (unpaired) electrons. The van der Waals surface area contributed by atoms with Crippen LogP contribution in [0.2, 0.25) is 0 Å². The third-order valence-electron chi connectivity index (χ3n) is 3.01. The van der Waals surface area contributed by atoms with Crippen LogP contribution in [-0.4, -0.2) is 29.3 Å². The van der Waals surface area contributed by atoms with E-state index in [1.54, 1.807) is 7.05 Å². The van der Waals surface area contributed by atoms with E-state index < -0.39 is 16.6 Å². The lowest BCUT2D eigenvalue weighted by atomic mass is 10.1. The maximum absolute atomic E-state index is 13.2. The molecule has 0 bridgehead atoms. The lowest BCUT2D eigenvalue weighted by molar-refractivity contribution is -0.385. The summed E-state index contributed by atoms with van der Waals surface area (Å²) in [5, 5.41) is 10.9. The smallest absolute Gasteiger partial charge is 0.282 e. The van der Waals surface area contributed by atoms with Crippen molar-refractivity contribution in [1.29, 1.82) is 0 Å². The highest BCUT2D eigenvalue weighted by Gasteiger charge is 2.24. The van der Waals surface area contributed by atoms with E-state index in [1.807, 2.05) is 13.8 Å². The number of carbonyl (C=O) groups is 1. The number of rotatable bonds is 5. The molecule has 0 saturated heterocycles. The monoisotopic (exact) mass is 268 g/mol. The van der Waals surface area contributed by atoms with Crippen LogP contribution in [0.25, 0.3) is 0 Å². The van der Waals surface area contributed by atoms with Crippen molar-refractivity contribution in [2.24, 2.45) is 5.92 Å². The summed E-state index contributed by atoms with van der Waals surface area (Å²) in [7, 11) is 1.56. The number of nitrogens with zero attached hydrogens (tertiary/aromatic N) is 2. The molecule has 0 saturated carbocycles. The molecule has 0 N–H and O–H groups in total. The number of carbonyl (C=O) groups excluding carboxylic acids is 1. The molecule has 0 heterocycles. The van der Waals surface area contributed by atoms with Crippen LogP contribution in [0.5, 0.6) is 0 Å². The first-order chi connectivity index (χ1) is 8.86. The molecule has 0 aliphatic rings. The van der Waals surface area contributed by atoms with Gasteiger partial charge in [0.15, 0.2) is 0 Å². The van der Waals surface area contributed by atoms with Gasteiger partial charge in [-0.3, -0.25) is 14.9 Å². The van der Waals surface area contributed by atoms with Crippen LogP contribution >= 0.6 is 0 Å². The molecule has 19 heavy (non-hydrogen) atoms. The molecule has 1 rings (SSSR count). The van der Waals surface area contributed by atoms with Crippen LogP contribution < -0.4 is 0 Å². The molecule has 104 valence electrons. The molecule has 6 heteroatoms. The van der Waals surface area contributed by atoms with E-state index in [9.17, 15) is 19.3 Å². The summed E-state index contributed by atoms with van der Waals surface area (Å²) < 4.78 is 13.2. The standard InChI is InChI=1S/C13H17FN2O3/c1-4-9(2)8-15(3)13(17)11-7-10(14)5-6-12(11)16(18)19/h5-7,9H,4,8H2,1-3H3. The fourth-order valence-electron chi connectivity index (χ4n) is 1.72. The first-order valence-electron chi connectivity index (χ1n) is 6.06. The molecule has 1 aromatic rings. The molecule has 0 spiro atoms. The van der Waals surface area contributed by atoms with Crippen molar-refractivity contribution < 1.29 is 14.1 Å². The molecule has 1 atom stereocenters. The van der Waals surface area contributed by atoms with Crippen molar-refractivity contribution in [3.8, 4) is 0 Å². The molecular formula is C13H17FN2O3. The summed E-state index contributed by atoms with van der Waals surface area (Å²) in [5.41, 5.74) is -0.585. The zero-order valence-corrected chi connectivity index (χ0v) is 11.2. The second-order valence-electron chi connectivity index (χ2n) is 4.62. The molecule has 0 aliphatic heterocycles. The van der Waals surface area contributed by atoms with Gasteiger partial charge < -0.3 is 4.90 Å². The number of amides is 1. The van der Waals surface area contributed by atoms with Crippen LogP contribution in [0.15, 0.2) is 18.2 Å². The van der Waals surface area contributed by atoms with E-state index in [0.717, 1.165) is 24.6 Å². The molecule has 1 amide bonds. The molecule has 0 fully saturated rings. The Morgan fingerprint density at radius 3 is 2.68 bits per heavy atom. The SMILES string of the molecule is CCC(C)CN(C)C(=O)c1cc(F)ccc1[N+](=O)[O-]. The van der Waals surface area contributed by atoms with Crippen molar-refractivity contribution in [2.75, 3.05) is 13.6 Å². The van der Waals surface area contributed by atoms with E-state index in [1.165, 1.54) is 4.90 Å². The van der Waals surface area contributed by atoms with Crippen LogP contribution in [-0.2, 0) is 0 Å². The van der Waals surface area contributed by atoms with E-state index in [4.69, 9.17) is 0 Å². The summed E-state index contributed by atoms with van der Waals surface area (Å²) in [5.74, 6) is -0.918. The van der Waals surface area contributed by atoms with Crippen molar-refractivity contribution in [3.05, 3.63) is 39.7 Å². The highest BCUT2D eigenvalue weighted by atomic mass is 19.1. The number of halogens is 1. The Kier molecular flexibility index (Phi) is 4.97. The predicted octanol–water partition coefficient (Wildman–Crippen LogP) is 2.85. The molecule has 1 unspecified atom stereocenters. The zero-order valence-electron chi connectivity index (χ0n) is 11.2. The van der Waals surface area contributed by atoms with Gasteiger partial charge in [-0.25, -0.2) is 4.39 Å². The number of nitro benzene ring substituents is 1. The number of hydrogen-bond donors (Lipinski definition) is 0. The minimum absolute atomic E-state index is 0.212. The normalized spacial score (nSPS) is 12.0. The van der Waals surface area contributed by atoms with Gasteiger partial charge in [0.25, 0.3) is 11.6 Å². The topological polar surface area (TPSA) is 63.5 Å². The highest BCUT2D eigenvalue weighted by Crippen LogP contribution is 2.21. The Hall–Kier alpha value is -1.98. The van der Waals surface area contributed by atoms with Gasteiger partial charge >= 0.3 is 0 Å². The van der Waals surface area contributed by atoms with Gasteiger partial charge in [0.1, 0.15) is 11.4 Å². The average Bonchev–Trinajstić information content (AvgIpc) is 2.36. The van der Waals surface area contributed by atoms with Crippen molar-refractivity contribution in [3.63, 3.8) is 0 Å². The minimum Gasteiger partial charge on any atom is -0.341 e. The summed E-state index contributed by atoms with van der Waals surface area (Å²) in [6.07, 6.45) is 0.892. The average molecular weight is 268 g/mol. The number of nitro groups is 1. The maximum atomic E-state index is 13.2. The predicted molar refractivity (Wildman–Crippen MR) is 69.5 cm³/mol. The lowest BCUT2D eigenvalue weighted by Gasteiger charge is -2.20. The largest absolute Gasteiger partial charge is 0.341 e. The minimum atomic E-state index is -0.677. The highest BCUT2D eigenvalue weighted by molar-refractivity contribution is 5.98. The molecule has 5 nitrogen and oxygen atoms in total. The Morgan fingerprint density at radius 1 is 1.53 bits per heavy atom. The second-order valence-corrected chi connectivity index (χ2v) is 4.62. The van der Waals surface area contributed by atoms with Crippen molar-refractivity contribution in [1.82, 2.24) is 4.90 Å². The van der Waals surface area contributed by atoms with E-state index in [2.05, 4.69) is 0 Å². The van der Waals surface area contributed by atoms with Gasteiger partial charge in [0, 0.05) is 19.7 Å². The first kappa shape index (κ1) is 15.1. The molecule has 0 aliphatic carbocycles. The van der Waals surface area contributed by atoms with Crippen LogP contribution in [0.4, 0.5) is 10.1 Å². The van der Waals surface area contributed by atoms with Crippen molar-refractivity contribution >= 4 is 11.6 Å². The Bertz CT molecular complexity index is 491. The van der Waals surface area contributed by atoms with Gasteiger partial charge in [-0.2, -0.15) is 0 Å². The first-order valence-corrected chi connectivity index (χ1v) is 6.06. The number of hydrogen-bond acceptors (Lipinski definition) is 3. The van der Waals surface area contributed by atoms with Crippen LogP contribution in [0, 0.1) is 21.8 Å². The third-order valence-corrected chi connectivity index (χ3v) is 3.01.